The van der Waals surface area contributed by atoms with Crippen molar-refractivity contribution in [2.45, 2.75) is 0 Å². The van der Waals surface area contributed by atoms with Gasteiger partial charge in [-0.25, -0.2) is 4.79 Å². The van der Waals surface area contributed by atoms with Gasteiger partial charge in [0.25, 0.3) is 0 Å². The highest BCUT2D eigenvalue weighted by Gasteiger charge is 2.10. The van der Waals surface area contributed by atoms with Crippen LogP contribution in [0.3, 0.4) is 0 Å². The van der Waals surface area contributed by atoms with E-state index in [1.165, 1.54) is 25.3 Å². The smallest absolute Gasteiger partial charge is 0.335 e. The van der Waals surface area contributed by atoms with E-state index in [0.717, 1.165) is 0 Å². The lowest BCUT2D eigenvalue weighted by molar-refractivity contribution is -0.113. The standard InChI is InChI=1S/C10H10ClNO4/c1-16-8-3-2-6(10(14)15)4-7(8)12-9(13)5-11/h2-4H,5H2,1H3,(H,12,13)(H,14,15). The van der Waals surface area contributed by atoms with Gasteiger partial charge in [-0.2, -0.15) is 0 Å². The Hall–Kier alpha value is -1.75. The lowest BCUT2D eigenvalue weighted by atomic mass is 10.2. The summed E-state index contributed by atoms with van der Waals surface area (Å²) in [5, 5.41) is 11.2. The first-order valence-corrected chi connectivity index (χ1v) is 4.89. The summed E-state index contributed by atoms with van der Waals surface area (Å²) in [5.41, 5.74) is 0.346. The van der Waals surface area contributed by atoms with Gasteiger partial charge in [-0.3, -0.25) is 4.79 Å². The fourth-order valence-corrected chi connectivity index (χ4v) is 1.19. The number of benzene rings is 1. The van der Waals surface area contributed by atoms with Crippen LogP contribution >= 0.6 is 11.6 Å². The predicted molar refractivity (Wildman–Crippen MR) is 59.3 cm³/mol. The van der Waals surface area contributed by atoms with E-state index in [1.54, 1.807) is 0 Å². The molecular formula is C10H10ClNO4. The number of aromatic carboxylic acids is 1. The van der Waals surface area contributed by atoms with Crippen LogP contribution < -0.4 is 10.1 Å². The molecule has 2 N–H and O–H groups in total. The number of hydrogen-bond donors (Lipinski definition) is 2. The molecular weight excluding hydrogens is 234 g/mol. The van der Waals surface area contributed by atoms with Crippen LogP contribution in [0.15, 0.2) is 18.2 Å². The number of rotatable bonds is 4. The molecule has 0 bridgehead atoms. The van der Waals surface area contributed by atoms with Gasteiger partial charge in [0.05, 0.1) is 18.4 Å². The summed E-state index contributed by atoms with van der Waals surface area (Å²) in [7, 11) is 1.42. The SMILES string of the molecule is COc1ccc(C(=O)O)cc1NC(=O)CCl. The maximum absolute atomic E-state index is 11.1. The number of carboxylic acid groups (broad SMARTS) is 1. The van der Waals surface area contributed by atoms with Crippen LogP contribution in [-0.2, 0) is 4.79 Å². The second-order valence-corrected chi connectivity index (χ2v) is 3.17. The van der Waals surface area contributed by atoms with Crippen molar-refractivity contribution in [3.05, 3.63) is 23.8 Å². The minimum Gasteiger partial charge on any atom is -0.495 e. The molecule has 16 heavy (non-hydrogen) atoms. The summed E-state index contributed by atoms with van der Waals surface area (Å²) >= 11 is 5.33. The van der Waals surface area contributed by atoms with Crippen molar-refractivity contribution >= 4 is 29.2 Å². The van der Waals surface area contributed by atoms with Crippen LogP contribution in [0.1, 0.15) is 10.4 Å². The van der Waals surface area contributed by atoms with Gasteiger partial charge in [-0.15, -0.1) is 11.6 Å². The number of carbonyl (C=O) groups excluding carboxylic acids is 1. The third-order valence-electron chi connectivity index (χ3n) is 1.84. The number of halogens is 1. The molecule has 5 nitrogen and oxygen atoms in total. The molecule has 0 aliphatic heterocycles. The average molecular weight is 244 g/mol. The van der Waals surface area contributed by atoms with Crippen molar-refractivity contribution in [1.82, 2.24) is 0 Å². The Labute approximate surface area is 97.0 Å². The van der Waals surface area contributed by atoms with E-state index in [-0.39, 0.29) is 17.1 Å². The third-order valence-corrected chi connectivity index (χ3v) is 2.08. The highest BCUT2D eigenvalue weighted by molar-refractivity contribution is 6.29. The number of methoxy groups -OCH3 is 1. The number of anilines is 1. The Bertz CT molecular complexity index is 419. The molecule has 0 aliphatic carbocycles. The normalized spacial score (nSPS) is 9.62. The van der Waals surface area contributed by atoms with Crippen LogP contribution in [0.5, 0.6) is 5.75 Å². The molecule has 0 radical (unpaired) electrons. The molecule has 6 heteroatoms. The van der Waals surface area contributed by atoms with E-state index in [2.05, 4.69) is 5.32 Å². The first-order chi connectivity index (χ1) is 7.58. The van der Waals surface area contributed by atoms with Gasteiger partial charge in [0.15, 0.2) is 0 Å². The lowest BCUT2D eigenvalue weighted by Crippen LogP contribution is -2.14. The number of hydrogen-bond acceptors (Lipinski definition) is 3. The van der Waals surface area contributed by atoms with E-state index in [9.17, 15) is 9.59 Å². The summed E-state index contributed by atoms with van der Waals surface area (Å²) in [5.74, 6) is -1.34. The van der Waals surface area contributed by atoms with Gasteiger partial charge in [0.1, 0.15) is 11.6 Å². The highest BCUT2D eigenvalue weighted by Crippen LogP contribution is 2.25. The van der Waals surface area contributed by atoms with Crippen LogP contribution in [0.2, 0.25) is 0 Å². The van der Waals surface area contributed by atoms with Crippen molar-refractivity contribution in [3.63, 3.8) is 0 Å². The van der Waals surface area contributed by atoms with E-state index in [0.29, 0.717) is 5.75 Å². The quantitative estimate of drug-likeness (QED) is 0.787. The molecule has 0 saturated heterocycles. The summed E-state index contributed by atoms with van der Waals surface area (Å²) in [6.45, 7) is 0. The molecule has 0 spiro atoms. The Morgan fingerprint density at radius 2 is 2.19 bits per heavy atom. The van der Waals surface area contributed by atoms with Crippen LogP contribution in [0.25, 0.3) is 0 Å². The lowest BCUT2D eigenvalue weighted by Gasteiger charge is -2.09. The van der Waals surface area contributed by atoms with E-state index in [4.69, 9.17) is 21.4 Å². The molecule has 0 aromatic heterocycles. The van der Waals surface area contributed by atoms with Crippen LogP contribution in [0, 0.1) is 0 Å². The maximum atomic E-state index is 11.1. The minimum absolute atomic E-state index is 0.0608. The van der Waals surface area contributed by atoms with Crippen molar-refractivity contribution in [3.8, 4) is 5.75 Å². The zero-order valence-electron chi connectivity index (χ0n) is 8.49. The Morgan fingerprint density at radius 1 is 1.50 bits per heavy atom. The highest BCUT2D eigenvalue weighted by atomic mass is 35.5. The number of carboxylic acids is 1. The molecule has 1 amide bonds. The average Bonchev–Trinajstić information content (AvgIpc) is 2.28. The first-order valence-electron chi connectivity index (χ1n) is 4.35. The van der Waals surface area contributed by atoms with Crippen molar-refractivity contribution in [1.29, 1.82) is 0 Å². The van der Waals surface area contributed by atoms with Gasteiger partial charge in [-0.1, -0.05) is 0 Å². The monoisotopic (exact) mass is 243 g/mol. The van der Waals surface area contributed by atoms with Crippen molar-refractivity contribution in [2.24, 2.45) is 0 Å². The van der Waals surface area contributed by atoms with Gasteiger partial charge in [0.2, 0.25) is 5.91 Å². The molecule has 0 heterocycles. The Kier molecular flexibility index (Phi) is 4.13. The van der Waals surface area contributed by atoms with Gasteiger partial charge in [-0.05, 0) is 18.2 Å². The van der Waals surface area contributed by atoms with Gasteiger partial charge < -0.3 is 15.2 Å². The fraction of sp³-hybridized carbons (Fsp3) is 0.200. The van der Waals surface area contributed by atoms with E-state index < -0.39 is 11.9 Å². The zero-order chi connectivity index (χ0) is 12.1. The topological polar surface area (TPSA) is 75.6 Å². The zero-order valence-corrected chi connectivity index (χ0v) is 9.25. The molecule has 0 atom stereocenters. The third kappa shape index (κ3) is 2.87. The summed E-state index contributed by atoms with van der Waals surface area (Å²) in [6.07, 6.45) is 0. The molecule has 1 rings (SSSR count). The number of nitrogens with one attached hydrogen (secondary N) is 1. The molecule has 0 aliphatic rings. The second-order valence-electron chi connectivity index (χ2n) is 2.90. The number of carbonyl (C=O) groups is 2. The summed E-state index contributed by atoms with van der Waals surface area (Å²) < 4.78 is 4.97. The molecule has 1 aromatic rings. The molecule has 1 aromatic carbocycles. The number of ether oxygens (including phenoxy) is 1. The Balaban J connectivity index is 3.06. The minimum atomic E-state index is -1.08. The van der Waals surface area contributed by atoms with Crippen molar-refractivity contribution in [2.75, 3.05) is 18.3 Å². The maximum Gasteiger partial charge on any atom is 0.335 e. The first kappa shape index (κ1) is 12.3. The van der Waals surface area contributed by atoms with Gasteiger partial charge >= 0.3 is 5.97 Å². The molecule has 0 fully saturated rings. The second kappa shape index (κ2) is 5.37. The number of amides is 1. The largest absolute Gasteiger partial charge is 0.495 e. The van der Waals surface area contributed by atoms with Crippen LogP contribution in [0.4, 0.5) is 5.69 Å². The molecule has 86 valence electrons. The van der Waals surface area contributed by atoms with Crippen LogP contribution in [-0.4, -0.2) is 30.0 Å². The van der Waals surface area contributed by atoms with Gasteiger partial charge in [0, 0.05) is 0 Å². The van der Waals surface area contributed by atoms with Crippen molar-refractivity contribution < 1.29 is 19.4 Å². The Morgan fingerprint density at radius 3 is 2.69 bits per heavy atom. The summed E-state index contributed by atoms with van der Waals surface area (Å²) in [4.78, 5) is 21.8. The van der Waals surface area contributed by atoms with E-state index >= 15 is 0 Å². The predicted octanol–water partition coefficient (Wildman–Crippen LogP) is 1.57. The molecule has 0 saturated carbocycles. The summed E-state index contributed by atoms with van der Waals surface area (Å²) in [6, 6.07) is 4.16. The number of alkyl halides is 1. The van der Waals surface area contributed by atoms with E-state index in [1.807, 2.05) is 0 Å². The fourth-order valence-electron chi connectivity index (χ4n) is 1.12. The molecule has 0 unspecified atom stereocenters.